The molecule has 1 aliphatic heterocycles. The Hall–Kier alpha value is -3.95. The van der Waals surface area contributed by atoms with Gasteiger partial charge in [-0.25, -0.2) is 18.8 Å². The number of nitrogens with zero attached hydrogens (tertiary/aromatic N) is 4. The number of rotatable bonds is 8. The number of pyridine rings is 1. The maximum absolute atomic E-state index is 14.0. The van der Waals surface area contributed by atoms with Crippen molar-refractivity contribution in [3.63, 3.8) is 0 Å². The minimum Gasteiger partial charge on any atom is -0.474 e. The van der Waals surface area contributed by atoms with Crippen LogP contribution in [0.25, 0.3) is 0 Å². The molecule has 232 valence electrons. The fraction of sp³-hybridized carbons (Fsp3) is 0.519. The Labute approximate surface area is 241 Å². The number of H-pyrrole nitrogens is 1. The van der Waals surface area contributed by atoms with Crippen molar-refractivity contribution in [2.75, 3.05) is 6.54 Å². The Bertz CT molecular complexity index is 1350. The number of aliphatic hydroxyl groups is 3. The maximum atomic E-state index is 14.0. The highest BCUT2D eigenvalue weighted by Crippen LogP contribution is 2.28. The van der Waals surface area contributed by atoms with Crippen molar-refractivity contribution in [2.24, 2.45) is 31.6 Å². The molecule has 0 aromatic carbocycles. The molecule has 0 bridgehead atoms. The molecule has 2 unspecified atom stereocenters. The molecule has 0 saturated carbocycles. The first-order valence-electron chi connectivity index (χ1n) is 12.8. The molecule has 0 fully saturated rings. The molecule has 6 N–H and O–H groups in total. The summed E-state index contributed by atoms with van der Waals surface area (Å²) in [4.78, 5) is 29.9. The van der Waals surface area contributed by atoms with Crippen molar-refractivity contribution >= 4 is 24.5 Å². The summed E-state index contributed by atoms with van der Waals surface area (Å²) in [5.74, 6) is -1.79. The van der Waals surface area contributed by atoms with Crippen molar-refractivity contribution in [1.82, 2.24) is 4.98 Å². The van der Waals surface area contributed by atoms with Gasteiger partial charge in [-0.05, 0) is 61.3 Å². The molecule has 0 amide bonds. The van der Waals surface area contributed by atoms with Crippen LogP contribution >= 0.6 is 0 Å². The molecule has 42 heavy (non-hydrogen) atoms. The van der Waals surface area contributed by atoms with Gasteiger partial charge in [-0.15, -0.1) is 0 Å². The Morgan fingerprint density at radius 2 is 1.81 bits per heavy atom. The predicted molar refractivity (Wildman–Crippen MR) is 153 cm³/mol. The highest BCUT2D eigenvalue weighted by Gasteiger charge is 2.32. The van der Waals surface area contributed by atoms with Crippen LogP contribution in [-0.2, 0) is 14.2 Å². The van der Waals surface area contributed by atoms with E-state index in [1.807, 2.05) is 41.5 Å². The number of hydrogen-bond donors (Lipinski definition) is 5. The fourth-order valence-electron chi connectivity index (χ4n) is 3.51. The van der Waals surface area contributed by atoms with Crippen molar-refractivity contribution in [3.8, 4) is 0 Å². The van der Waals surface area contributed by atoms with Gasteiger partial charge in [0.2, 0.25) is 12.0 Å². The molecule has 2 atom stereocenters. The zero-order chi connectivity index (χ0) is 32.0. The lowest BCUT2D eigenvalue weighted by Crippen LogP contribution is -2.36. The first-order valence-corrected chi connectivity index (χ1v) is 12.8. The number of nitrogens with two attached hydrogens (primary N) is 1. The van der Waals surface area contributed by atoms with E-state index in [9.17, 15) is 28.9 Å². The van der Waals surface area contributed by atoms with Gasteiger partial charge in [0.25, 0.3) is 6.43 Å². The second-order valence-electron chi connectivity index (χ2n) is 11.3. The summed E-state index contributed by atoms with van der Waals surface area (Å²) in [6, 6.07) is 2.14. The number of ether oxygens (including phenoxy) is 3. The van der Waals surface area contributed by atoms with Crippen molar-refractivity contribution < 1.29 is 38.3 Å². The fourth-order valence-corrected chi connectivity index (χ4v) is 3.51. The molecule has 1 aromatic rings. The van der Waals surface area contributed by atoms with Crippen molar-refractivity contribution in [3.05, 3.63) is 57.4 Å². The molecule has 1 aromatic heterocycles. The van der Waals surface area contributed by atoms with E-state index < -0.39 is 52.9 Å². The van der Waals surface area contributed by atoms with Crippen molar-refractivity contribution in [1.29, 1.82) is 0 Å². The van der Waals surface area contributed by atoms with Gasteiger partial charge in [0.05, 0.1) is 23.7 Å². The topological polar surface area (TPSA) is 197 Å². The molecule has 2 rings (SSSR count). The monoisotopic (exact) mass is 596 g/mol. The third kappa shape index (κ3) is 10.8. The van der Waals surface area contributed by atoms with E-state index in [0.29, 0.717) is 5.57 Å². The average molecular weight is 597 g/mol. The van der Waals surface area contributed by atoms with Crippen LogP contribution in [0, 0.1) is 5.92 Å². The summed E-state index contributed by atoms with van der Waals surface area (Å²) in [7, 11) is 0. The van der Waals surface area contributed by atoms with E-state index in [-0.39, 0.29) is 29.7 Å². The van der Waals surface area contributed by atoms with Crippen LogP contribution in [0.5, 0.6) is 0 Å². The molecule has 0 radical (unpaired) electrons. The third-order valence-electron chi connectivity index (χ3n) is 5.14. The van der Waals surface area contributed by atoms with Gasteiger partial charge >= 0.3 is 12.1 Å². The molecule has 13 nitrogen and oxygen atoms in total. The molecule has 0 aliphatic carbocycles. The van der Waals surface area contributed by atoms with E-state index >= 15 is 0 Å². The molecular formula is C27H38F2N6O7. The second kappa shape index (κ2) is 13.4. The molecule has 0 spiro atoms. The molecular weight excluding hydrogens is 558 g/mol. The lowest BCUT2D eigenvalue weighted by atomic mass is 9.96. The van der Waals surface area contributed by atoms with Gasteiger partial charge in [-0.2, -0.15) is 9.98 Å². The van der Waals surface area contributed by atoms with Crippen LogP contribution in [0.3, 0.4) is 0 Å². The summed E-state index contributed by atoms with van der Waals surface area (Å²) in [5, 5.41) is 28.5. The maximum Gasteiger partial charge on any atom is 0.389 e. The van der Waals surface area contributed by atoms with E-state index in [1.165, 1.54) is 6.08 Å². The van der Waals surface area contributed by atoms with Crippen LogP contribution in [0.1, 0.15) is 60.3 Å². The molecule has 1 aliphatic rings. The van der Waals surface area contributed by atoms with E-state index in [0.717, 1.165) is 18.3 Å². The lowest BCUT2D eigenvalue weighted by molar-refractivity contribution is -0.304. The van der Waals surface area contributed by atoms with Gasteiger partial charge in [0, 0.05) is 18.3 Å². The molecule has 15 heteroatoms. The first-order chi connectivity index (χ1) is 19.2. The number of hydrogen-bond acceptors (Lipinski definition) is 11. The van der Waals surface area contributed by atoms with Gasteiger partial charge in [-0.1, -0.05) is 5.57 Å². The Morgan fingerprint density at radius 3 is 2.31 bits per heavy atom. The zero-order valence-electron chi connectivity index (χ0n) is 24.6. The third-order valence-corrected chi connectivity index (χ3v) is 5.14. The van der Waals surface area contributed by atoms with Gasteiger partial charge < -0.3 is 40.2 Å². The second-order valence-corrected chi connectivity index (χ2v) is 11.3. The molecule has 0 saturated heterocycles. The Balaban J connectivity index is 2.68. The number of aromatic amines is 1. The summed E-state index contributed by atoms with van der Waals surface area (Å²) < 4.78 is 45.3. The number of aromatic nitrogens is 1. The van der Waals surface area contributed by atoms with Gasteiger partial charge in [-0.3, -0.25) is 4.79 Å². The standard InChI is InChI=1S/C27H38F2N6O7/c1-14(17-13-33-24(42-26(5,6)7)34-23(17)41-25(2,3)4)11-16(22(31-8)35-27(37,38)39)21(30)40-19(20(28)29)18-12-15(36)9-10-32-18/h9-12,17,19-20,37-39H,8,13,30H2,1-7H3,(H,32,36)/b14-11+,21-16+,35-22-. The van der Waals surface area contributed by atoms with Gasteiger partial charge in [0.15, 0.2) is 17.1 Å². The summed E-state index contributed by atoms with van der Waals surface area (Å²) in [6.07, 6.45) is -6.37. The number of aliphatic imine (C=N–C) groups is 4. The highest BCUT2D eigenvalue weighted by molar-refractivity contribution is 6.04. The summed E-state index contributed by atoms with van der Waals surface area (Å²) >= 11 is 0. The predicted octanol–water partition coefficient (Wildman–Crippen LogP) is 2.52. The smallest absolute Gasteiger partial charge is 0.389 e. The highest BCUT2D eigenvalue weighted by atomic mass is 19.3. The average Bonchev–Trinajstić information content (AvgIpc) is 2.81. The van der Waals surface area contributed by atoms with Gasteiger partial charge in [0.1, 0.15) is 11.2 Å². The minimum atomic E-state index is -3.62. The Morgan fingerprint density at radius 1 is 1.19 bits per heavy atom. The molecule has 2 heterocycles. The zero-order valence-corrected chi connectivity index (χ0v) is 24.6. The van der Waals surface area contributed by atoms with Crippen LogP contribution in [-0.4, -0.2) is 75.0 Å². The SMILES string of the molecule is C=NC(=N\C(O)(O)O)/C(/C=C(\C)C1CN=C(OC(C)(C)C)N=C1OC(C)(C)C)=C(\N)OC(c1cc(=O)cc[nH]1)C(F)F. The van der Waals surface area contributed by atoms with Crippen LogP contribution in [0.15, 0.2) is 66.2 Å². The lowest BCUT2D eigenvalue weighted by Gasteiger charge is -2.30. The quantitative estimate of drug-likeness (QED) is 0.0992. The van der Waals surface area contributed by atoms with E-state index in [1.54, 1.807) is 6.92 Å². The summed E-state index contributed by atoms with van der Waals surface area (Å²) in [5.41, 5.74) is 4.05. The normalized spacial score (nSPS) is 18.5. The van der Waals surface area contributed by atoms with Crippen molar-refractivity contribution in [2.45, 2.75) is 78.3 Å². The van der Waals surface area contributed by atoms with Crippen LogP contribution in [0.2, 0.25) is 0 Å². The summed E-state index contributed by atoms with van der Waals surface area (Å²) in [6.45, 7) is 15.9. The number of nitrogens with one attached hydrogen (secondary N) is 1. The number of alkyl halides is 2. The largest absolute Gasteiger partial charge is 0.474 e. The van der Waals surface area contributed by atoms with E-state index in [2.05, 4.69) is 31.7 Å². The Kier molecular flexibility index (Phi) is 10.9. The minimum absolute atomic E-state index is 0.0968. The van der Waals surface area contributed by atoms with E-state index in [4.69, 9.17) is 19.9 Å². The van der Waals surface area contributed by atoms with Crippen LogP contribution in [0.4, 0.5) is 8.78 Å². The number of amidine groups is 2. The first kappa shape index (κ1) is 34.3. The number of halogens is 2. The van der Waals surface area contributed by atoms with Crippen LogP contribution < -0.4 is 11.2 Å².